The summed E-state index contributed by atoms with van der Waals surface area (Å²) in [6.07, 6.45) is 1.60. The van der Waals surface area contributed by atoms with Gasteiger partial charge >= 0.3 is 10.2 Å². The lowest BCUT2D eigenvalue weighted by Gasteiger charge is -2.18. The van der Waals surface area contributed by atoms with Crippen LogP contribution in [0.4, 0.5) is 11.4 Å². The molecule has 3 aromatic rings. The summed E-state index contributed by atoms with van der Waals surface area (Å²) >= 11 is 0. The molecule has 1 aromatic heterocycles. The van der Waals surface area contributed by atoms with Gasteiger partial charge in [-0.2, -0.15) is 12.7 Å². The molecule has 7 nitrogen and oxygen atoms in total. The van der Waals surface area contributed by atoms with Gasteiger partial charge in [0.05, 0.1) is 12.0 Å². The smallest absolute Gasteiger partial charge is 0.303 e. The lowest BCUT2D eigenvalue weighted by atomic mass is 10.1. The van der Waals surface area contributed by atoms with Crippen molar-refractivity contribution in [2.45, 2.75) is 0 Å². The highest BCUT2D eigenvalue weighted by molar-refractivity contribution is 7.90. The van der Waals surface area contributed by atoms with E-state index in [2.05, 4.69) is 5.32 Å². The first-order valence-electron chi connectivity index (χ1n) is 8.08. The maximum absolute atomic E-state index is 12.4. The number of carbonyl (C=O) groups excluding carboxylic acids is 1. The molecule has 0 radical (unpaired) electrons. The van der Waals surface area contributed by atoms with Crippen LogP contribution >= 0.6 is 0 Å². The van der Waals surface area contributed by atoms with Gasteiger partial charge in [0, 0.05) is 36.8 Å². The normalized spacial score (nSPS) is 16.9. The number of rotatable bonds is 3. The third kappa shape index (κ3) is 2.83. The molecule has 1 fully saturated rings. The van der Waals surface area contributed by atoms with E-state index in [1.165, 1.54) is 8.61 Å². The maximum Gasteiger partial charge on any atom is 0.303 e. The Labute approximate surface area is 151 Å². The molecule has 134 valence electrons. The van der Waals surface area contributed by atoms with Crippen molar-refractivity contribution >= 4 is 38.5 Å². The van der Waals surface area contributed by atoms with Gasteiger partial charge in [0.2, 0.25) is 0 Å². The summed E-state index contributed by atoms with van der Waals surface area (Å²) in [5.74, 6) is -0.263. The van der Waals surface area contributed by atoms with Crippen LogP contribution in [0.15, 0.2) is 59.2 Å². The molecule has 26 heavy (non-hydrogen) atoms. The molecule has 0 saturated carbocycles. The summed E-state index contributed by atoms with van der Waals surface area (Å²) in [5, 5.41) is 3.74. The third-order valence-corrected chi connectivity index (χ3v) is 6.34. The summed E-state index contributed by atoms with van der Waals surface area (Å²) in [6.45, 7) is 0.843. The zero-order valence-corrected chi connectivity index (χ0v) is 14.9. The second kappa shape index (κ2) is 6.15. The predicted molar refractivity (Wildman–Crippen MR) is 99.5 cm³/mol. The van der Waals surface area contributed by atoms with Crippen molar-refractivity contribution in [3.63, 3.8) is 0 Å². The van der Waals surface area contributed by atoms with Gasteiger partial charge in [-0.05, 0) is 48.5 Å². The van der Waals surface area contributed by atoms with E-state index in [1.807, 2.05) is 12.1 Å². The minimum absolute atomic E-state index is 0.263. The van der Waals surface area contributed by atoms with E-state index >= 15 is 0 Å². The van der Waals surface area contributed by atoms with E-state index in [9.17, 15) is 13.2 Å². The Bertz CT molecular complexity index is 1070. The first-order chi connectivity index (χ1) is 12.4. The number of likely N-dealkylation sites (N-methyl/N-ethyl adjacent to an activating group) is 1. The molecule has 0 bridgehead atoms. The van der Waals surface area contributed by atoms with Crippen molar-refractivity contribution in [1.29, 1.82) is 0 Å². The molecule has 0 spiro atoms. The molecule has 1 N–H and O–H groups in total. The average molecular weight is 371 g/mol. The first-order valence-corrected chi connectivity index (χ1v) is 9.47. The van der Waals surface area contributed by atoms with E-state index in [0.29, 0.717) is 30.0 Å². The summed E-state index contributed by atoms with van der Waals surface area (Å²) in [5.41, 5.74) is 2.41. The number of benzene rings is 2. The molecule has 0 aliphatic carbocycles. The van der Waals surface area contributed by atoms with E-state index in [0.717, 1.165) is 11.0 Å². The number of fused-ring (bicyclic) bond motifs is 1. The minimum Gasteiger partial charge on any atom is -0.464 e. The number of anilines is 2. The Kier molecular flexibility index (Phi) is 3.93. The number of hydrogen-bond acceptors (Lipinski definition) is 4. The maximum atomic E-state index is 12.4. The highest BCUT2D eigenvalue weighted by Gasteiger charge is 2.33. The second-order valence-corrected chi connectivity index (χ2v) is 8.04. The predicted octanol–water partition coefficient (Wildman–Crippen LogP) is 2.68. The van der Waals surface area contributed by atoms with Gasteiger partial charge in [-0.1, -0.05) is 0 Å². The van der Waals surface area contributed by atoms with E-state index in [1.54, 1.807) is 49.7 Å². The highest BCUT2D eigenvalue weighted by atomic mass is 32.2. The fourth-order valence-corrected chi connectivity index (χ4v) is 4.27. The number of furan rings is 1. The Morgan fingerprint density at radius 3 is 2.54 bits per heavy atom. The quantitative estimate of drug-likeness (QED) is 0.767. The standard InChI is InChI=1S/C18H17N3O4S/c1-20-9-10-21(26(20,23)24)16-5-2-13(3-6-16)18(22)19-15-4-7-17-14(12-15)8-11-25-17/h2-8,11-12H,9-10H2,1H3,(H,19,22). The lowest BCUT2D eigenvalue weighted by molar-refractivity contribution is 0.102. The Morgan fingerprint density at radius 1 is 1.08 bits per heavy atom. The molecule has 0 atom stereocenters. The largest absolute Gasteiger partial charge is 0.464 e. The van der Waals surface area contributed by atoms with Gasteiger partial charge in [0.25, 0.3) is 5.91 Å². The fourth-order valence-electron chi connectivity index (χ4n) is 2.92. The molecule has 8 heteroatoms. The van der Waals surface area contributed by atoms with Gasteiger partial charge in [-0.3, -0.25) is 9.10 Å². The van der Waals surface area contributed by atoms with E-state index < -0.39 is 10.2 Å². The summed E-state index contributed by atoms with van der Waals surface area (Å²) in [6, 6.07) is 13.7. The molecule has 1 aliphatic heterocycles. The van der Waals surface area contributed by atoms with Gasteiger partial charge in [0.15, 0.2) is 0 Å². The second-order valence-electron chi connectivity index (χ2n) is 6.08. The molecule has 1 amide bonds. The molecule has 0 unspecified atom stereocenters. The number of nitrogens with zero attached hydrogens (tertiary/aromatic N) is 2. The van der Waals surface area contributed by atoms with Crippen molar-refractivity contribution in [3.05, 3.63) is 60.4 Å². The SMILES string of the molecule is CN1CCN(c2ccc(C(=O)Nc3ccc4occc4c3)cc2)S1(=O)=O. The zero-order valence-electron chi connectivity index (χ0n) is 14.0. The summed E-state index contributed by atoms with van der Waals surface area (Å²) < 4.78 is 32.3. The van der Waals surface area contributed by atoms with Crippen LogP contribution in [0.1, 0.15) is 10.4 Å². The number of hydrogen-bond donors (Lipinski definition) is 1. The fraction of sp³-hybridized carbons (Fsp3) is 0.167. The highest BCUT2D eigenvalue weighted by Crippen LogP contribution is 2.25. The molecule has 1 saturated heterocycles. The molecular formula is C18H17N3O4S. The van der Waals surface area contributed by atoms with Gasteiger partial charge in [-0.15, -0.1) is 0 Å². The van der Waals surface area contributed by atoms with Crippen LogP contribution < -0.4 is 9.62 Å². The van der Waals surface area contributed by atoms with Crippen molar-refractivity contribution in [3.8, 4) is 0 Å². The Hall–Kier alpha value is -2.84. The molecule has 2 aromatic carbocycles. The van der Waals surface area contributed by atoms with Crippen LogP contribution in [0.2, 0.25) is 0 Å². The Balaban J connectivity index is 1.52. The monoisotopic (exact) mass is 371 g/mol. The molecule has 1 aliphatic rings. The van der Waals surface area contributed by atoms with Crippen LogP contribution in [0.3, 0.4) is 0 Å². The summed E-state index contributed by atoms with van der Waals surface area (Å²) in [4.78, 5) is 12.4. The van der Waals surface area contributed by atoms with Crippen LogP contribution in [-0.4, -0.2) is 38.8 Å². The number of nitrogens with one attached hydrogen (secondary N) is 1. The lowest BCUT2D eigenvalue weighted by Crippen LogP contribution is -2.30. The summed E-state index contributed by atoms with van der Waals surface area (Å²) in [7, 11) is -1.91. The van der Waals surface area contributed by atoms with Gasteiger partial charge in [0.1, 0.15) is 5.58 Å². The van der Waals surface area contributed by atoms with Crippen molar-refractivity contribution in [2.75, 3.05) is 29.8 Å². The number of carbonyl (C=O) groups is 1. The minimum atomic E-state index is -3.46. The third-order valence-electron chi connectivity index (χ3n) is 4.42. The van der Waals surface area contributed by atoms with Crippen molar-refractivity contribution in [1.82, 2.24) is 4.31 Å². The number of amides is 1. The van der Waals surface area contributed by atoms with E-state index in [-0.39, 0.29) is 5.91 Å². The van der Waals surface area contributed by atoms with Crippen LogP contribution in [0.5, 0.6) is 0 Å². The first kappa shape index (κ1) is 16.6. The van der Waals surface area contributed by atoms with Gasteiger partial charge < -0.3 is 9.73 Å². The Morgan fingerprint density at radius 2 is 1.85 bits per heavy atom. The van der Waals surface area contributed by atoms with E-state index in [4.69, 9.17) is 4.42 Å². The average Bonchev–Trinajstić information content (AvgIpc) is 3.19. The zero-order chi connectivity index (χ0) is 18.3. The van der Waals surface area contributed by atoms with Crippen LogP contribution in [0.25, 0.3) is 11.0 Å². The van der Waals surface area contributed by atoms with Crippen LogP contribution in [-0.2, 0) is 10.2 Å². The molecule has 4 rings (SSSR count). The van der Waals surface area contributed by atoms with Crippen molar-refractivity contribution < 1.29 is 17.6 Å². The topological polar surface area (TPSA) is 82.9 Å². The van der Waals surface area contributed by atoms with Crippen molar-refractivity contribution in [2.24, 2.45) is 0 Å². The van der Waals surface area contributed by atoms with Crippen LogP contribution in [0, 0.1) is 0 Å². The molecule has 2 heterocycles. The van der Waals surface area contributed by atoms with Gasteiger partial charge in [-0.25, -0.2) is 0 Å². The molecular weight excluding hydrogens is 354 g/mol.